The van der Waals surface area contributed by atoms with Crippen LogP contribution in [0.25, 0.3) is 0 Å². The highest BCUT2D eigenvalue weighted by atomic mass is 32.2. The first-order valence-electron chi connectivity index (χ1n) is 8.16. The van der Waals surface area contributed by atoms with Crippen molar-refractivity contribution in [3.8, 4) is 5.88 Å². The van der Waals surface area contributed by atoms with Crippen molar-refractivity contribution in [3.05, 3.63) is 29.3 Å². The molecule has 1 aliphatic heterocycles. The monoisotopic (exact) mass is 345 g/mol. The van der Waals surface area contributed by atoms with Crippen LogP contribution in [0.15, 0.2) is 17.4 Å². The number of aryl methyl sites for hydroxylation is 3. The molecule has 1 aliphatic rings. The zero-order valence-corrected chi connectivity index (χ0v) is 15.4. The lowest BCUT2D eigenvalue weighted by atomic mass is 10.1. The lowest BCUT2D eigenvalue weighted by Crippen LogP contribution is -2.39. The fourth-order valence-corrected chi connectivity index (χ4v) is 3.19. The number of anilines is 1. The Balaban J connectivity index is 1.63. The summed E-state index contributed by atoms with van der Waals surface area (Å²) in [5.41, 5.74) is 2.74. The first kappa shape index (κ1) is 17.0. The summed E-state index contributed by atoms with van der Waals surface area (Å²) in [5.74, 6) is 1.67. The number of hydrogen-bond donors (Lipinski definition) is 0. The third kappa shape index (κ3) is 3.95. The highest BCUT2D eigenvalue weighted by Crippen LogP contribution is 2.24. The van der Waals surface area contributed by atoms with Gasteiger partial charge in [-0.05, 0) is 27.0 Å². The summed E-state index contributed by atoms with van der Waals surface area (Å²) in [7, 11) is 0. The van der Waals surface area contributed by atoms with Crippen LogP contribution >= 0.6 is 11.8 Å². The Labute approximate surface area is 147 Å². The predicted octanol–water partition coefficient (Wildman–Crippen LogP) is 2.96. The molecule has 128 valence electrons. The highest BCUT2D eigenvalue weighted by molar-refractivity contribution is 7.98. The van der Waals surface area contributed by atoms with Crippen molar-refractivity contribution in [2.75, 3.05) is 24.2 Å². The van der Waals surface area contributed by atoms with E-state index in [0.29, 0.717) is 5.88 Å². The summed E-state index contributed by atoms with van der Waals surface area (Å²) in [5, 5.41) is 0.828. The topological polar surface area (TPSA) is 64.0 Å². The van der Waals surface area contributed by atoms with Gasteiger partial charge in [-0.15, -0.1) is 0 Å². The minimum atomic E-state index is 0.180. The molecule has 1 fully saturated rings. The van der Waals surface area contributed by atoms with Crippen LogP contribution in [0.4, 0.5) is 5.82 Å². The van der Waals surface area contributed by atoms with Crippen LogP contribution in [0.3, 0.4) is 0 Å². The summed E-state index contributed by atoms with van der Waals surface area (Å²) in [6, 6.07) is 2.05. The summed E-state index contributed by atoms with van der Waals surface area (Å²) in [6.07, 6.45) is 5.86. The number of ether oxygens (including phenoxy) is 1. The molecule has 0 atom stereocenters. The minimum absolute atomic E-state index is 0.180. The van der Waals surface area contributed by atoms with Crippen molar-refractivity contribution in [1.82, 2.24) is 19.9 Å². The van der Waals surface area contributed by atoms with Crippen LogP contribution < -0.4 is 9.64 Å². The van der Waals surface area contributed by atoms with E-state index in [1.54, 1.807) is 18.0 Å². The first-order valence-corrected chi connectivity index (χ1v) is 9.39. The van der Waals surface area contributed by atoms with Gasteiger partial charge in [0.1, 0.15) is 11.9 Å². The molecule has 7 heteroatoms. The molecule has 24 heavy (non-hydrogen) atoms. The second kappa shape index (κ2) is 7.34. The van der Waals surface area contributed by atoms with Gasteiger partial charge in [-0.3, -0.25) is 4.98 Å². The maximum absolute atomic E-state index is 6.08. The standard InChI is InChI=1S/C17H23N5OS/c1-11-9-15(21-17(20-11)24-4)22-7-5-14(6-8-22)23-16-13(3)18-10-12(2)19-16/h9-10,14H,5-8H2,1-4H3. The fraction of sp³-hybridized carbons (Fsp3) is 0.529. The van der Waals surface area contributed by atoms with Gasteiger partial charge in [0.05, 0.1) is 11.4 Å². The molecule has 2 aromatic heterocycles. The van der Waals surface area contributed by atoms with Crippen LogP contribution in [-0.4, -0.2) is 45.4 Å². The lowest BCUT2D eigenvalue weighted by Gasteiger charge is -2.33. The Morgan fingerprint density at radius 2 is 1.83 bits per heavy atom. The Kier molecular flexibility index (Phi) is 5.18. The molecule has 1 saturated heterocycles. The highest BCUT2D eigenvalue weighted by Gasteiger charge is 2.23. The lowest BCUT2D eigenvalue weighted by molar-refractivity contribution is 0.161. The number of aromatic nitrogens is 4. The van der Waals surface area contributed by atoms with E-state index in [0.717, 1.165) is 54.0 Å². The largest absolute Gasteiger partial charge is 0.473 e. The van der Waals surface area contributed by atoms with Crippen molar-refractivity contribution < 1.29 is 4.74 Å². The third-order valence-electron chi connectivity index (χ3n) is 4.08. The Hall–Kier alpha value is -1.89. The number of rotatable bonds is 4. The average Bonchev–Trinajstić information content (AvgIpc) is 2.58. The van der Waals surface area contributed by atoms with Gasteiger partial charge in [0, 0.05) is 43.9 Å². The van der Waals surface area contributed by atoms with E-state index >= 15 is 0 Å². The van der Waals surface area contributed by atoms with Crippen molar-refractivity contribution >= 4 is 17.6 Å². The SMILES string of the molecule is CSc1nc(C)cc(N2CCC(Oc3nc(C)cnc3C)CC2)n1. The van der Waals surface area contributed by atoms with E-state index in [1.165, 1.54) is 0 Å². The van der Waals surface area contributed by atoms with E-state index in [2.05, 4.69) is 30.9 Å². The molecule has 6 nitrogen and oxygen atoms in total. The number of piperidine rings is 1. The quantitative estimate of drug-likeness (QED) is 0.623. The summed E-state index contributed by atoms with van der Waals surface area (Å²) in [4.78, 5) is 20.1. The molecule has 0 aliphatic carbocycles. The Morgan fingerprint density at radius 3 is 2.54 bits per heavy atom. The summed E-state index contributed by atoms with van der Waals surface area (Å²) >= 11 is 1.58. The van der Waals surface area contributed by atoms with Crippen LogP contribution in [0.2, 0.25) is 0 Å². The molecule has 0 saturated carbocycles. The van der Waals surface area contributed by atoms with Gasteiger partial charge in [0.15, 0.2) is 5.16 Å². The minimum Gasteiger partial charge on any atom is -0.473 e. The molecule has 0 N–H and O–H groups in total. The van der Waals surface area contributed by atoms with Gasteiger partial charge >= 0.3 is 0 Å². The van der Waals surface area contributed by atoms with E-state index in [4.69, 9.17) is 4.74 Å². The van der Waals surface area contributed by atoms with E-state index in [9.17, 15) is 0 Å². The molecule has 0 spiro atoms. The second-order valence-electron chi connectivity index (χ2n) is 6.06. The molecule has 0 unspecified atom stereocenters. The van der Waals surface area contributed by atoms with Crippen molar-refractivity contribution in [2.45, 2.75) is 44.9 Å². The average molecular weight is 345 g/mol. The molecule has 0 radical (unpaired) electrons. The van der Waals surface area contributed by atoms with E-state index in [-0.39, 0.29) is 6.10 Å². The maximum atomic E-state index is 6.08. The normalized spacial score (nSPS) is 15.6. The van der Waals surface area contributed by atoms with Crippen LogP contribution in [-0.2, 0) is 0 Å². The van der Waals surface area contributed by atoms with Crippen molar-refractivity contribution in [2.24, 2.45) is 0 Å². The molecule has 3 heterocycles. The van der Waals surface area contributed by atoms with Gasteiger partial charge in [0.2, 0.25) is 5.88 Å². The number of hydrogen-bond acceptors (Lipinski definition) is 7. The van der Waals surface area contributed by atoms with Crippen LogP contribution in [0.5, 0.6) is 5.88 Å². The van der Waals surface area contributed by atoms with Gasteiger partial charge in [0.25, 0.3) is 0 Å². The zero-order chi connectivity index (χ0) is 17.1. The number of nitrogens with zero attached hydrogens (tertiary/aromatic N) is 5. The molecule has 0 aromatic carbocycles. The molecule has 3 rings (SSSR count). The number of thioether (sulfide) groups is 1. The van der Waals surface area contributed by atoms with Gasteiger partial charge in [-0.1, -0.05) is 11.8 Å². The Bertz CT molecular complexity index is 716. The van der Waals surface area contributed by atoms with Gasteiger partial charge < -0.3 is 9.64 Å². The zero-order valence-electron chi connectivity index (χ0n) is 14.6. The van der Waals surface area contributed by atoms with Crippen molar-refractivity contribution in [3.63, 3.8) is 0 Å². The van der Waals surface area contributed by atoms with Gasteiger partial charge in [-0.25, -0.2) is 15.0 Å². The molecule has 0 bridgehead atoms. The predicted molar refractivity (Wildman–Crippen MR) is 95.9 cm³/mol. The molecular weight excluding hydrogens is 322 g/mol. The third-order valence-corrected chi connectivity index (χ3v) is 4.63. The smallest absolute Gasteiger partial charge is 0.235 e. The van der Waals surface area contributed by atoms with Crippen LogP contribution in [0, 0.1) is 20.8 Å². The Morgan fingerprint density at radius 1 is 1.08 bits per heavy atom. The van der Waals surface area contributed by atoms with Crippen molar-refractivity contribution in [1.29, 1.82) is 0 Å². The molecule has 0 amide bonds. The fourth-order valence-electron chi connectivity index (χ4n) is 2.77. The second-order valence-corrected chi connectivity index (χ2v) is 6.83. The van der Waals surface area contributed by atoms with Gasteiger partial charge in [-0.2, -0.15) is 0 Å². The van der Waals surface area contributed by atoms with E-state index in [1.807, 2.05) is 27.0 Å². The van der Waals surface area contributed by atoms with E-state index < -0.39 is 0 Å². The molecular formula is C17H23N5OS. The van der Waals surface area contributed by atoms with Crippen LogP contribution in [0.1, 0.15) is 29.9 Å². The first-order chi connectivity index (χ1) is 11.5. The summed E-state index contributed by atoms with van der Waals surface area (Å²) < 4.78 is 6.08. The molecule has 2 aromatic rings. The summed E-state index contributed by atoms with van der Waals surface area (Å²) in [6.45, 7) is 7.73. The maximum Gasteiger partial charge on any atom is 0.235 e.